The van der Waals surface area contributed by atoms with E-state index in [0.717, 1.165) is 16.7 Å². The molecule has 0 aliphatic heterocycles. The molecule has 1 heterocycles. The molecule has 6 nitrogen and oxygen atoms in total. The molecule has 0 fully saturated rings. The van der Waals surface area contributed by atoms with Gasteiger partial charge in [0, 0.05) is 16.7 Å². The maximum absolute atomic E-state index is 13.2. The van der Waals surface area contributed by atoms with Crippen molar-refractivity contribution >= 4 is 26.7 Å². The van der Waals surface area contributed by atoms with Crippen LogP contribution in [0.3, 0.4) is 0 Å². The number of aryl methyl sites for hydroxylation is 1. The molecule has 0 saturated carbocycles. The van der Waals surface area contributed by atoms with E-state index in [4.69, 9.17) is 9.56 Å². The first kappa shape index (κ1) is 21.8. The SMILES string of the molecule is Cc1cc([C@@H](C)Nc2ccccc2S(N)(=O)=O)c2oc(-c3ccccc3)c(C)c(=O)c2c1. The Labute approximate surface area is 186 Å². The Morgan fingerprint density at radius 1 is 0.969 bits per heavy atom. The maximum Gasteiger partial charge on any atom is 0.240 e. The number of hydrogen-bond acceptors (Lipinski definition) is 5. The van der Waals surface area contributed by atoms with Crippen LogP contribution >= 0.6 is 0 Å². The van der Waals surface area contributed by atoms with Gasteiger partial charge in [0.1, 0.15) is 16.2 Å². The lowest BCUT2D eigenvalue weighted by Gasteiger charge is -2.20. The van der Waals surface area contributed by atoms with Crippen molar-refractivity contribution in [2.24, 2.45) is 5.14 Å². The minimum atomic E-state index is -3.90. The summed E-state index contributed by atoms with van der Waals surface area (Å²) >= 11 is 0. The van der Waals surface area contributed by atoms with Gasteiger partial charge in [-0.15, -0.1) is 0 Å². The normalized spacial score (nSPS) is 12.6. The Morgan fingerprint density at radius 3 is 2.31 bits per heavy atom. The summed E-state index contributed by atoms with van der Waals surface area (Å²) in [5, 5.41) is 9.10. The van der Waals surface area contributed by atoms with Gasteiger partial charge in [-0.1, -0.05) is 48.5 Å². The molecule has 0 spiro atoms. The second-order valence-electron chi connectivity index (χ2n) is 7.89. The van der Waals surface area contributed by atoms with Crippen molar-refractivity contribution in [3.63, 3.8) is 0 Å². The molecule has 32 heavy (non-hydrogen) atoms. The molecular weight excluding hydrogens is 424 g/mol. The average molecular weight is 449 g/mol. The van der Waals surface area contributed by atoms with Crippen molar-refractivity contribution < 1.29 is 12.8 Å². The standard InChI is InChI=1S/C25H24N2O4S/c1-15-13-19(17(3)27-21-11-7-8-12-22(21)32(26,29)30)25-20(14-15)23(28)16(2)24(31-25)18-9-5-4-6-10-18/h4-14,17,27H,1-3H3,(H2,26,29,30)/t17-/m1/s1. The number of hydrogen-bond donors (Lipinski definition) is 2. The molecule has 1 aromatic heterocycles. The van der Waals surface area contributed by atoms with Gasteiger partial charge in [0.05, 0.1) is 17.1 Å². The Hall–Kier alpha value is -3.42. The van der Waals surface area contributed by atoms with Gasteiger partial charge < -0.3 is 9.73 Å². The molecular formula is C25H24N2O4S. The van der Waals surface area contributed by atoms with Gasteiger partial charge in [0.25, 0.3) is 0 Å². The Balaban J connectivity index is 1.90. The highest BCUT2D eigenvalue weighted by Crippen LogP contribution is 2.33. The van der Waals surface area contributed by atoms with E-state index in [1.807, 2.05) is 56.3 Å². The largest absolute Gasteiger partial charge is 0.455 e. The zero-order valence-electron chi connectivity index (χ0n) is 18.0. The average Bonchev–Trinajstić information content (AvgIpc) is 2.76. The first-order chi connectivity index (χ1) is 15.2. The number of nitrogens with two attached hydrogens (primary N) is 1. The number of benzene rings is 3. The molecule has 7 heteroatoms. The summed E-state index contributed by atoms with van der Waals surface area (Å²) < 4.78 is 30.3. The van der Waals surface area contributed by atoms with E-state index in [2.05, 4.69) is 5.32 Å². The molecule has 0 aliphatic carbocycles. The van der Waals surface area contributed by atoms with Crippen molar-refractivity contribution in [1.29, 1.82) is 0 Å². The fraction of sp³-hybridized carbons (Fsp3) is 0.160. The number of nitrogens with one attached hydrogen (secondary N) is 1. The van der Waals surface area contributed by atoms with E-state index in [1.54, 1.807) is 25.1 Å². The molecule has 3 N–H and O–H groups in total. The monoisotopic (exact) mass is 448 g/mol. The molecule has 0 saturated heterocycles. The molecule has 0 amide bonds. The van der Waals surface area contributed by atoms with E-state index in [0.29, 0.717) is 28.0 Å². The molecule has 4 aromatic rings. The smallest absolute Gasteiger partial charge is 0.240 e. The second kappa shape index (κ2) is 8.26. The summed E-state index contributed by atoms with van der Waals surface area (Å²) in [6.07, 6.45) is 0. The number of sulfonamides is 1. The van der Waals surface area contributed by atoms with Gasteiger partial charge in [0.15, 0.2) is 5.43 Å². The lowest BCUT2D eigenvalue weighted by molar-refractivity contribution is 0.598. The number of anilines is 1. The molecule has 0 unspecified atom stereocenters. The van der Waals surface area contributed by atoms with Gasteiger partial charge in [0.2, 0.25) is 10.0 Å². The Morgan fingerprint density at radius 2 is 1.62 bits per heavy atom. The highest BCUT2D eigenvalue weighted by atomic mass is 32.2. The van der Waals surface area contributed by atoms with Crippen molar-refractivity contribution in [1.82, 2.24) is 0 Å². The molecule has 0 aliphatic rings. The molecule has 0 bridgehead atoms. The number of rotatable bonds is 5. The first-order valence-electron chi connectivity index (χ1n) is 10.2. The van der Waals surface area contributed by atoms with Gasteiger partial charge in [-0.25, -0.2) is 13.6 Å². The number of para-hydroxylation sites is 1. The number of primary sulfonamides is 1. The summed E-state index contributed by atoms with van der Waals surface area (Å²) in [5.41, 5.74) is 3.77. The fourth-order valence-electron chi connectivity index (χ4n) is 3.90. The summed E-state index contributed by atoms with van der Waals surface area (Å²) in [6, 6.07) is 19.3. The van der Waals surface area contributed by atoms with E-state index >= 15 is 0 Å². The van der Waals surface area contributed by atoms with Gasteiger partial charge in [-0.05, 0) is 44.5 Å². The zero-order chi connectivity index (χ0) is 23.0. The first-order valence-corrected chi connectivity index (χ1v) is 11.7. The zero-order valence-corrected chi connectivity index (χ0v) is 18.9. The Bertz CT molecular complexity index is 1480. The van der Waals surface area contributed by atoms with Crippen LogP contribution in [0, 0.1) is 13.8 Å². The summed E-state index contributed by atoms with van der Waals surface area (Å²) in [6.45, 7) is 5.56. The minimum absolute atomic E-state index is 0.00563. The fourth-order valence-corrected chi connectivity index (χ4v) is 4.60. The second-order valence-corrected chi connectivity index (χ2v) is 9.42. The van der Waals surface area contributed by atoms with Crippen LogP contribution in [-0.4, -0.2) is 8.42 Å². The molecule has 1 atom stereocenters. The van der Waals surface area contributed by atoms with Crippen LogP contribution < -0.4 is 15.9 Å². The lowest BCUT2D eigenvalue weighted by Crippen LogP contribution is -2.17. The van der Waals surface area contributed by atoms with E-state index < -0.39 is 10.0 Å². The maximum atomic E-state index is 13.2. The van der Waals surface area contributed by atoms with Crippen molar-refractivity contribution in [2.75, 3.05) is 5.32 Å². The van der Waals surface area contributed by atoms with Crippen LogP contribution in [0.2, 0.25) is 0 Å². The third kappa shape index (κ3) is 4.04. The highest BCUT2D eigenvalue weighted by molar-refractivity contribution is 7.89. The van der Waals surface area contributed by atoms with E-state index in [-0.39, 0.29) is 16.4 Å². The quantitative estimate of drug-likeness (QED) is 0.452. The van der Waals surface area contributed by atoms with E-state index in [1.165, 1.54) is 6.07 Å². The topological polar surface area (TPSA) is 102 Å². The molecule has 4 rings (SSSR count). The highest BCUT2D eigenvalue weighted by Gasteiger charge is 2.20. The van der Waals surface area contributed by atoms with Crippen LogP contribution in [0.15, 0.2) is 80.8 Å². The van der Waals surface area contributed by atoms with Crippen molar-refractivity contribution in [2.45, 2.75) is 31.7 Å². The lowest BCUT2D eigenvalue weighted by atomic mass is 9.99. The summed E-state index contributed by atoms with van der Waals surface area (Å²) in [4.78, 5) is 13.2. The van der Waals surface area contributed by atoms with Crippen LogP contribution in [0.4, 0.5) is 5.69 Å². The van der Waals surface area contributed by atoms with Crippen molar-refractivity contribution in [3.05, 3.63) is 93.6 Å². The summed E-state index contributed by atoms with van der Waals surface area (Å²) in [5.74, 6) is 0.519. The third-order valence-electron chi connectivity index (χ3n) is 5.46. The predicted octanol–water partition coefficient (Wildman–Crippen LogP) is 4.90. The van der Waals surface area contributed by atoms with Gasteiger partial charge in [-0.3, -0.25) is 4.79 Å². The minimum Gasteiger partial charge on any atom is -0.455 e. The summed E-state index contributed by atoms with van der Waals surface area (Å²) in [7, 11) is -3.90. The van der Waals surface area contributed by atoms with Crippen molar-refractivity contribution in [3.8, 4) is 11.3 Å². The van der Waals surface area contributed by atoms with Crippen LogP contribution in [0.1, 0.15) is 29.7 Å². The van der Waals surface area contributed by atoms with Gasteiger partial charge >= 0.3 is 0 Å². The Kier molecular flexibility index (Phi) is 5.62. The van der Waals surface area contributed by atoms with E-state index in [9.17, 15) is 13.2 Å². The van der Waals surface area contributed by atoms with Crippen LogP contribution in [-0.2, 0) is 10.0 Å². The molecule has 3 aromatic carbocycles. The third-order valence-corrected chi connectivity index (χ3v) is 6.43. The number of fused-ring (bicyclic) bond motifs is 1. The van der Waals surface area contributed by atoms with Crippen LogP contribution in [0.25, 0.3) is 22.3 Å². The predicted molar refractivity (Wildman–Crippen MR) is 127 cm³/mol. The molecule has 0 radical (unpaired) electrons. The molecule has 164 valence electrons. The van der Waals surface area contributed by atoms with Crippen LogP contribution in [0.5, 0.6) is 0 Å². The van der Waals surface area contributed by atoms with Gasteiger partial charge in [-0.2, -0.15) is 0 Å².